The van der Waals surface area contributed by atoms with Crippen LogP contribution >= 0.6 is 0 Å². The molecule has 11 nitrogen and oxygen atoms in total. The van der Waals surface area contributed by atoms with Crippen LogP contribution in [-0.4, -0.2) is 88.3 Å². The fourth-order valence-electron chi connectivity index (χ4n) is 8.20. The normalized spacial score (nSPS) is 22.8. The van der Waals surface area contributed by atoms with Crippen molar-refractivity contribution >= 4 is 34.6 Å². The molecule has 1 N–H and O–H groups in total. The maximum Gasteiger partial charge on any atom is 0.410 e. The van der Waals surface area contributed by atoms with Gasteiger partial charge >= 0.3 is 11.8 Å². The number of nitrogens with one attached hydrogen (secondary N) is 1. The second kappa shape index (κ2) is 13.8. The van der Waals surface area contributed by atoms with E-state index >= 15 is 8.78 Å². The number of rotatable bonds is 6. The van der Waals surface area contributed by atoms with E-state index in [2.05, 4.69) is 10.2 Å². The lowest BCUT2D eigenvalue weighted by Gasteiger charge is -2.39. The van der Waals surface area contributed by atoms with E-state index in [1.54, 1.807) is 0 Å². The highest BCUT2D eigenvalue weighted by Gasteiger charge is 2.35. The number of aromatic nitrogens is 2. The summed E-state index contributed by atoms with van der Waals surface area (Å²) in [6.07, 6.45) is 7.28. The van der Waals surface area contributed by atoms with Crippen molar-refractivity contribution in [1.82, 2.24) is 24.3 Å². The average molecular weight is 673 g/mol. The van der Waals surface area contributed by atoms with Crippen LogP contribution in [0.5, 0.6) is 0 Å². The predicted octanol–water partition coefficient (Wildman–Crippen LogP) is 4.56. The Kier molecular flexibility index (Phi) is 9.88. The number of carbonyl (C=O) groups excluding carboxylic acids is 3. The number of anilines is 1. The Morgan fingerprint density at radius 3 is 2.08 bits per heavy atom. The third kappa shape index (κ3) is 7.25. The minimum Gasteiger partial charge on any atom is -0.444 e. The molecule has 1 aromatic heterocycles. The zero-order valence-electron chi connectivity index (χ0n) is 28.7. The van der Waals surface area contributed by atoms with Crippen LogP contribution in [0.1, 0.15) is 84.6 Å². The van der Waals surface area contributed by atoms with Crippen LogP contribution in [0.4, 0.5) is 19.3 Å². The van der Waals surface area contributed by atoms with E-state index in [1.165, 1.54) is 26.3 Å². The SMILES string of the molecule is Cn1c(=O)n(C2CCC(=O)NC2=O)c2c(F)cc(N3CCC(CN4CCC(CC5CCN(C(=O)OC(C)(C)C)CC5)CC4)CC3)c(F)c21. The Bertz CT molecular complexity index is 1590. The maximum absolute atomic E-state index is 16.0. The number of likely N-dealkylation sites (tertiary alicyclic amines) is 2. The van der Waals surface area contributed by atoms with Crippen molar-refractivity contribution in [3.63, 3.8) is 0 Å². The number of ether oxygens (including phenoxy) is 1. The first-order valence-corrected chi connectivity index (χ1v) is 17.7. The number of fused-ring (bicyclic) bond motifs is 1. The number of imidazole rings is 1. The van der Waals surface area contributed by atoms with Gasteiger partial charge in [-0.05, 0) is 103 Å². The van der Waals surface area contributed by atoms with Gasteiger partial charge in [-0.15, -0.1) is 0 Å². The van der Waals surface area contributed by atoms with E-state index in [0.29, 0.717) is 24.9 Å². The molecule has 4 fully saturated rings. The molecule has 1 atom stereocenters. The van der Waals surface area contributed by atoms with Gasteiger partial charge < -0.3 is 19.4 Å². The zero-order valence-corrected chi connectivity index (χ0v) is 28.7. The van der Waals surface area contributed by atoms with Crippen molar-refractivity contribution < 1.29 is 27.9 Å². The smallest absolute Gasteiger partial charge is 0.410 e. The second-order valence-corrected chi connectivity index (χ2v) is 15.4. The largest absolute Gasteiger partial charge is 0.444 e. The van der Waals surface area contributed by atoms with Gasteiger partial charge in [0.25, 0.3) is 0 Å². The summed E-state index contributed by atoms with van der Waals surface area (Å²) in [5, 5.41) is 2.20. The molecule has 4 saturated heterocycles. The van der Waals surface area contributed by atoms with Gasteiger partial charge in [-0.25, -0.2) is 18.4 Å². The number of halogens is 2. The summed E-state index contributed by atoms with van der Waals surface area (Å²) in [4.78, 5) is 55.9. The third-order valence-corrected chi connectivity index (χ3v) is 10.8. The minimum absolute atomic E-state index is 0.0204. The molecule has 48 heavy (non-hydrogen) atoms. The molecule has 0 saturated carbocycles. The van der Waals surface area contributed by atoms with Crippen molar-refractivity contribution in [2.75, 3.05) is 50.7 Å². The molecule has 5 heterocycles. The number of imide groups is 1. The lowest BCUT2D eigenvalue weighted by atomic mass is 9.82. The highest BCUT2D eigenvalue weighted by atomic mass is 19.1. The number of aryl methyl sites for hydroxylation is 1. The van der Waals surface area contributed by atoms with Gasteiger partial charge in [0.1, 0.15) is 22.7 Å². The Morgan fingerprint density at radius 1 is 0.875 bits per heavy atom. The summed E-state index contributed by atoms with van der Waals surface area (Å²) in [5.74, 6) is -0.715. The molecule has 4 aliphatic rings. The van der Waals surface area contributed by atoms with Crippen molar-refractivity contribution in [3.8, 4) is 0 Å². The summed E-state index contributed by atoms with van der Waals surface area (Å²) in [7, 11) is 1.38. The van der Waals surface area contributed by atoms with Crippen molar-refractivity contribution in [1.29, 1.82) is 0 Å². The fraction of sp³-hybridized carbons (Fsp3) is 0.714. The Balaban J connectivity index is 0.990. The number of benzene rings is 1. The zero-order chi connectivity index (χ0) is 34.3. The van der Waals surface area contributed by atoms with E-state index in [-0.39, 0.29) is 35.7 Å². The molecule has 1 unspecified atom stereocenters. The molecule has 3 amide bonds. The van der Waals surface area contributed by atoms with E-state index < -0.39 is 40.8 Å². The van der Waals surface area contributed by atoms with E-state index in [4.69, 9.17) is 4.74 Å². The first-order valence-electron chi connectivity index (χ1n) is 17.7. The Hall–Kier alpha value is -3.48. The minimum atomic E-state index is -1.08. The average Bonchev–Trinajstić information content (AvgIpc) is 3.30. The molecule has 1 aromatic carbocycles. The lowest BCUT2D eigenvalue weighted by molar-refractivity contribution is -0.135. The molecule has 0 bridgehead atoms. The maximum atomic E-state index is 16.0. The summed E-state index contributed by atoms with van der Waals surface area (Å²) >= 11 is 0. The number of nitrogens with zero attached hydrogens (tertiary/aromatic N) is 5. The van der Waals surface area contributed by atoms with Crippen molar-refractivity contribution in [2.24, 2.45) is 24.8 Å². The van der Waals surface area contributed by atoms with Crippen LogP contribution in [0.3, 0.4) is 0 Å². The van der Waals surface area contributed by atoms with Crippen molar-refractivity contribution in [2.45, 2.75) is 90.2 Å². The molecule has 0 radical (unpaired) electrons. The summed E-state index contributed by atoms with van der Waals surface area (Å²) in [6, 6.07) is 0.0647. The number of amides is 3. The van der Waals surface area contributed by atoms with Gasteiger partial charge in [0.05, 0.1) is 5.69 Å². The van der Waals surface area contributed by atoms with Crippen LogP contribution in [-0.2, 0) is 21.4 Å². The van der Waals surface area contributed by atoms with Gasteiger partial charge in [0, 0.05) is 52.3 Å². The van der Waals surface area contributed by atoms with Crippen LogP contribution in [0.25, 0.3) is 11.0 Å². The second-order valence-electron chi connectivity index (χ2n) is 15.4. The van der Waals surface area contributed by atoms with E-state index in [1.807, 2.05) is 30.6 Å². The Labute approximate surface area is 280 Å². The molecule has 4 aliphatic heterocycles. The molecule has 2 aromatic rings. The molecular weight excluding hydrogens is 622 g/mol. The van der Waals surface area contributed by atoms with E-state index in [0.717, 1.165) is 79.5 Å². The molecule has 264 valence electrons. The van der Waals surface area contributed by atoms with Gasteiger partial charge in [0.15, 0.2) is 11.6 Å². The quantitative estimate of drug-likeness (QED) is 0.449. The molecule has 0 spiro atoms. The monoisotopic (exact) mass is 672 g/mol. The standard InChI is InChI=1S/C35H50F2N6O5/c1-35(2,3)48-34(47)42-17-9-23(10-18-42)19-22-7-13-40(14-8-22)21-24-11-15-41(16-12-24)27-20-25(36)30-31(29(27)37)39(4)33(46)43(30)26-5-6-28(44)38-32(26)45/h20,22-24,26H,5-19,21H2,1-4H3,(H,38,44,45). The fourth-order valence-corrected chi connectivity index (χ4v) is 8.20. The lowest BCUT2D eigenvalue weighted by Crippen LogP contribution is -2.44. The van der Waals surface area contributed by atoms with Crippen LogP contribution < -0.4 is 15.9 Å². The number of piperidine rings is 4. The molecule has 13 heteroatoms. The third-order valence-electron chi connectivity index (χ3n) is 10.8. The number of carbonyl (C=O) groups is 3. The predicted molar refractivity (Wildman–Crippen MR) is 178 cm³/mol. The summed E-state index contributed by atoms with van der Waals surface area (Å²) in [6.45, 7) is 11.6. The van der Waals surface area contributed by atoms with Gasteiger partial charge in [-0.2, -0.15) is 0 Å². The highest BCUT2D eigenvalue weighted by Crippen LogP contribution is 2.35. The van der Waals surface area contributed by atoms with E-state index in [9.17, 15) is 19.2 Å². The number of hydrogen-bond donors (Lipinski definition) is 1. The summed E-state index contributed by atoms with van der Waals surface area (Å²) in [5.41, 5.74) is -1.45. The first-order chi connectivity index (χ1) is 22.8. The van der Waals surface area contributed by atoms with Gasteiger partial charge in [-0.3, -0.25) is 24.0 Å². The van der Waals surface area contributed by atoms with Crippen LogP contribution in [0, 0.1) is 29.4 Å². The Morgan fingerprint density at radius 2 is 1.48 bits per heavy atom. The number of hydrogen-bond acceptors (Lipinski definition) is 7. The van der Waals surface area contributed by atoms with Gasteiger partial charge in [0.2, 0.25) is 11.8 Å². The van der Waals surface area contributed by atoms with Crippen LogP contribution in [0.2, 0.25) is 0 Å². The van der Waals surface area contributed by atoms with Crippen LogP contribution in [0.15, 0.2) is 10.9 Å². The molecule has 6 rings (SSSR count). The highest BCUT2D eigenvalue weighted by molar-refractivity contribution is 6.00. The summed E-state index contributed by atoms with van der Waals surface area (Å²) < 4.78 is 39.3. The first kappa shape index (κ1) is 34.4. The topological polar surface area (TPSA) is 109 Å². The van der Waals surface area contributed by atoms with Crippen molar-refractivity contribution in [3.05, 3.63) is 28.2 Å². The molecule has 0 aliphatic carbocycles. The van der Waals surface area contributed by atoms with Gasteiger partial charge in [-0.1, -0.05) is 0 Å². The molecular formula is C35H50F2N6O5.